The van der Waals surface area contributed by atoms with E-state index in [2.05, 4.69) is 9.97 Å². The summed E-state index contributed by atoms with van der Waals surface area (Å²) in [6.45, 7) is 5.89. The number of carbonyl (C=O) groups excluding carboxylic acids is 2. The molecule has 5 nitrogen and oxygen atoms in total. The van der Waals surface area contributed by atoms with Gasteiger partial charge in [-0.05, 0) is 38.5 Å². The van der Waals surface area contributed by atoms with Gasteiger partial charge in [0, 0.05) is 28.2 Å². The molecule has 0 bridgehead atoms. The van der Waals surface area contributed by atoms with Gasteiger partial charge in [0.1, 0.15) is 9.88 Å². The quantitative estimate of drug-likeness (QED) is 0.582. The Morgan fingerprint density at radius 2 is 2.17 bits per heavy atom. The molecule has 0 saturated heterocycles. The van der Waals surface area contributed by atoms with E-state index in [4.69, 9.17) is 4.74 Å². The number of rotatable bonds is 4. The number of aromatic nitrogens is 2. The lowest BCUT2D eigenvalue weighted by molar-refractivity contribution is 0.0531. The van der Waals surface area contributed by atoms with Crippen LogP contribution >= 0.6 is 11.3 Å². The average molecular weight is 328 g/mol. The van der Waals surface area contributed by atoms with Crippen molar-refractivity contribution in [2.24, 2.45) is 0 Å². The Morgan fingerprint density at radius 3 is 2.87 bits per heavy atom. The van der Waals surface area contributed by atoms with E-state index in [1.165, 1.54) is 11.3 Å². The molecule has 0 radical (unpaired) electrons. The van der Waals surface area contributed by atoms with Gasteiger partial charge in [0.25, 0.3) is 0 Å². The molecule has 0 atom stereocenters. The lowest BCUT2D eigenvalue weighted by Crippen LogP contribution is -2.03. The molecule has 1 N–H and O–H groups in total. The number of aldehydes is 1. The number of carbonyl (C=O) groups is 2. The molecule has 0 fully saturated rings. The normalized spacial score (nSPS) is 10.9. The number of benzene rings is 1. The largest absolute Gasteiger partial charge is 0.462 e. The van der Waals surface area contributed by atoms with Crippen LogP contribution in [0.15, 0.2) is 18.3 Å². The molecule has 0 unspecified atom stereocenters. The Hall–Kier alpha value is -2.47. The summed E-state index contributed by atoms with van der Waals surface area (Å²) in [4.78, 5) is 31.2. The maximum absolute atomic E-state index is 11.9. The van der Waals surface area contributed by atoms with Crippen LogP contribution in [-0.4, -0.2) is 28.8 Å². The number of thiazole rings is 1. The van der Waals surface area contributed by atoms with Gasteiger partial charge in [0.05, 0.1) is 12.3 Å². The van der Waals surface area contributed by atoms with Crippen molar-refractivity contribution >= 4 is 34.5 Å². The Morgan fingerprint density at radius 1 is 1.39 bits per heavy atom. The number of nitrogens with one attached hydrogen (secondary N) is 1. The first-order valence-electron chi connectivity index (χ1n) is 7.27. The minimum absolute atomic E-state index is 0.336. The maximum atomic E-state index is 11.9. The highest BCUT2D eigenvalue weighted by molar-refractivity contribution is 7.17. The molecule has 0 aliphatic carbocycles. The SMILES string of the molecule is CCOC(=O)c1sc(-c2cc(C)c3[nH]cc(C=O)c3c2)nc1C. The first kappa shape index (κ1) is 15.4. The van der Waals surface area contributed by atoms with Gasteiger partial charge in [-0.1, -0.05) is 0 Å². The molecule has 1 aromatic carbocycles. The minimum Gasteiger partial charge on any atom is -0.462 e. The summed E-state index contributed by atoms with van der Waals surface area (Å²) in [6.07, 6.45) is 2.53. The Balaban J connectivity index is 2.12. The maximum Gasteiger partial charge on any atom is 0.350 e. The fourth-order valence-electron chi connectivity index (χ4n) is 2.56. The van der Waals surface area contributed by atoms with E-state index in [0.29, 0.717) is 22.7 Å². The summed E-state index contributed by atoms with van der Waals surface area (Å²) in [6, 6.07) is 3.93. The molecule has 3 aromatic rings. The van der Waals surface area contributed by atoms with Crippen LogP contribution in [-0.2, 0) is 4.74 Å². The van der Waals surface area contributed by atoms with Gasteiger partial charge in [0.2, 0.25) is 0 Å². The van der Waals surface area contributed by atoms with Gasteiger partial charge in [-0.3, -0.25) is 4.79 Å². The van der Waals surface area contributed by atoms with Crippen molar-refractivity contribution in [3.63, 3.8) is 0 Å². The van der Waals surface area contributed by atoms with Crippen LogP contribution in [0, 0.1) is 13.8 Å². The van der Waals surface area contributed by atoms with Crippen molar-refractivity contribution < 1.29 is 14.3 Å². The van der Waals surface area contributed by atoms with Crippen LogP contribution in [0.25, 0.3) is 21.5 Å². The summed E-state index contributed by atoms with van der Waals surface area (Å²) >= 11 is 1.31. The molecule has 0 aliphatic heterocycles. The molecule has 0 amide bonds. The van der Waals surface area contributed by atoms with E-state index >= 15 is 0 Å². The van der Waals surface area contributed by atoms with E-state index in [0.717, 1.165) is 33.3 Å². The van der Waals surface area contributed by atoms with Crippen LogP contribution < -0.4 is 0 Å². The standard InChI is InChI=1S/C17H16N2O3S/c1-4-22-17(21)15-10(3)19-16(23-15)11-5-9(2)14-13(6-11)12(8-20)7-18-14/h5-8,18H,4H2,1-3H3. The average Bonchev–Trinajstić information content (AvgIpc) is 3.11. The number of hydrogen-bond donors (Lipinski definition) is 1. The zero-order chi connectivity index (χ0) is 16.6. The summed E-state index contributed by atoms with van der Waals surface area (Å²) in [5, 5.41) is 1.61. The first-order valence-corrected chi connectivity index (χ1v) is 8.08. The molecule has 0 aliphatic rings. The number of ether oxygens (including phenoxy) is 1. The number of aromatic amines is 1. The second-order valence-electron chi connectivity index (χ2n) is 5.23. The van der Waals surface area contributed by atoms with Crippen LogP contribution in [0.2, 0.25) is 0 Å². The number of fused-ring (bicyclic) bond motifs is 1. The molecule has 118 valence electrons. The lowest BCUT2D eigenvalue weighted by Gasteiger charge is -2.02. The highest BCUT2D eigenvalue weighted by atomic mass is 32.1. The highest BCUT2D eigenvalue weighted by Gasteiger charge is 2.18. The third kappa shape index (κ3) is 2.66. The number of esters is 1. The Bertz CT molecular complexity index is 908. The molecule has 2 aromatic heterocycles. The van der Waals surface area contributed by atoms with Crippen molar-refractivity contribution in [2.45, 2.75) is 20.8 Å². The van der Waals surface area contributed by atoms with Crippen LogP contribution in [0.4, 0.5) is 0 Å². The molecular weight excluding hydrogens is 312 g/mol. The molecule has 3 rings (SSSR count). The lowest BCUT2D eigenvalue weighted by atomic mass is 10.1. The van der Waals surface area contributed by atoms with Crippen molar-refractivity contribution in [2.75, 3.05) is 6.61 Å². The summed E-state index contributed by atoms with van der Waals surface area (Å²) in [5.74, 6) is -0.346. The van der Waals surface area contributed by atoms with Gasteiger partial charge in [-0.25, -0.2) is 9.78 Å². The smallest absolute Gasteiger partial charge is 0.350 e. The number of aryl methyl sites for hydroxylation is 2. The van der Waals surface area contributed by atoms with E-state index in [9.17, 15) is 9.59 Å². The minimum atomic E-state index is -0.346. The van der Waals surface area contributed by atoms with Crippen molar-refractivity contribution in [3.05, 3.63) is 40.0 Å². The first-order chi connectivity index (χ1) is 11.0. The second-order valence-corrected chi connectivity index (χ2v) is 6.23. The molecule has 0 spiro atoms. The van der Waals surface area contributed by atoms with E-state index in [1.807, 2.05) is 19.1 Å². The Labute approximate surface area is 137 Å². The molecule has 23 heavy (non-hydrogen) atoms. The molecule has 0 saturated carbocycles. The molecular formula is C17H16N2O3S. The van der Waals surface area contributed by atoms with Gasteiger partial charge in [-0.2, -0.15) is 0 Å². The van der Waals surface area contributed by atoms with E-state index < -0.39 is 0 Å². The van der Waals surface area contributed by atoms with Gasteiger partial charge in [0.15, 0.2) is 6.29 Å². The summed E-state index contributed by atoms with van der Waals surface area (Å²) in [5.41, 5.74) is 4.13. The van der Waals surface area contributed by atoms with E-state index in [1.54, 1.807) is 20.0 Å². The topological polar surface area (TPSA) is 72.1 Å². The number of H-pyrrole nitrogens is 1. The Kier molecular flexibility index (Phi) is 4.00. The van der Waals surface area contributed by atoms with Gasteiger partial charge < -0.3 is 9.72 Å². The van der Waals surface area contributed by atoms with E-state index in [-0.39, 0.29) is 5.97 Å². The molecule has 2 heterocycles. The second kappa shape index (κ2) is 5.96. The fourth-order valence-corrected chi connectivity index (χ4v) is 3.51. The number of nitrogens with zero attached hydrogens (tertiary/aromatic N) is 1. The highest BCUT2D eigenvalue weighted by Crippen LogP contribution is 2.32. The van der Waals surface area contributed by atoms with Crippen LogP contribution in [0.5, 0.6) is 0 Å². The van der Waals surface area contributed by atoms with Crippen molar-refractivity contribution in [1.29, 1.82) is 0 Å². The monoisotopic (exact) mass is 328 g/mol. The summed E-state index contributed by atoms with van der Waals surface area (Å²) < 4.78 is 5.06. The van der Waals surface area contributed by atoms with Crippen molar-refractivity contribution in [1.82, 2.24) is 9.97 Å². The van der Waals surface area contributed by atoms with Crippen LogP contribution in [0.3, 0.4) is 0 Å². The van der Waals surface area contributed by atoms with Crippen LogP contribution in [0.1, 0.15) is 38.2 Å². The zero-order valence-electron chi connectivity index (χ0n) is 13.1. The third-order valence-corrected chi connectivity index (χ3v) is 4.84. The fraction of sp³-hybridized carbons (Fsp3) is 0.235. The third-order valence-electron chi connectivity index (χ3n) is 3.65. The predicted octanol–water partition coefficient (Wildman–Crippen LogP) is 3.90. The predicted molar refractivity (Wildman–Crippen MR) is 90.2 cm³/mol. The van der Waals surface area contributed by atoms with Gasteiger partial charge in [-0.15, -0.1) is 11.3 Å². The van der Waals surface area contributed by atoms with Gasteiger partial charge >= 0.3 is 5.97 Å². The zero-order valence-corrected chi connectivity index (χ0v) is 13.9. The van der Waals surface area contributed by atoms with Crippen molar-refractivity contribution in [3.8, 4) is 10.6 Å². The number of hydrogen-bond acceptors (Lipinski definition) is 5. The summed E-state index contributed by atoms with van der Waals surface area (Å²) in [7, 11) is 0. The molecule has 6 heteroatoms.